The first-order chi connectivity index (χ1) is 24.8. The zero-order chi connectivity index (χ0) is 33.0. The van der Waals surface area contributed by atoms with Gasteiger partial charge in [-0.2, -0.15) is 0 Å². The van der Waals surface area contributed by atoms with Gasteiger partial charge in [-0.25, -0.2) is 19.9 Å². The van der Waals surface area contributed by atoms with Gasteiger partial charge in [-0.3, -0.25) is 4.57 Å². The molecule has 0 aliphatic rings. The summed E-state index contributed by atoms with van der Waals surface area (Å²) in [5.74, 6) is 2.44. The molecule has 6 aromatic carbocycles. The Bertz CT molecular complexity index is 2800. The van der Waals surface area contributed by atoms with Crippen LogP contribution in [-0.2, 0) is 0 Å². The molecule has 6 nitrogen and oxygen atoms in total. The fraction of sp³-hybridized carbons (Fsp3) is 0. The summed E-state index contributed by atoms with van der Waals surface area (Å²) in [5.41, 5.74) is 8.33. The number of pyridine rings is 1. The minimum atomic E-state index is 0.536. The summed E-state index contributed by atoms with van der Waals surface area (Å²) in [4.78, 5) is 20.5. The molecular formula is C44H27N5O. The Morgan fingerprint density at radius 2 is 0.980 bits per heavy atom. The third kappa shape index (κ3) is 4.58. The van der Waals surface area contributed by atoms with Crippen LogP contribution in [-0.4, -0.2) is 24.5 Å². The lowest BCUT2D eigenvalue weighted by atomic mass is 10.0. The summed E-state index contributed by atoms with van der Waals surface area (Å²) in [6.45, 7) is 0. The average Bonchev–Trinajstić information content (AvgIpc) is 3.72. The Balaban J connectivity index is 1.30. The highest BCUT2D eigenvalue weighted by Crippen LogP contribution is 2.40. The van der Waals surface area contributed by atoms with Crippen LogP contribution in [0.5, 0.6) is 0 Å². The average molecular weight is 642 g/mol. The van der Waals surface area contributed by atoms with Gasteiger partial charge in [-0.05, 0) is 29.8 Å². The van der Waals surface area contributed by atoms with Crippen LogP contribution in [0.2, 0.25) is 0 Å². The minimum Gasteiger partial charge on any atom is -0.456 e. The van der Waals surface area contributed by atoms with E-state index in [2.05, 4.69) is 71.3 Å². The van der Waals surface area contributed by atoms with Crippen LogP contribution in [0.25, 0.3) is 94.9 Å². The molecule has 0 atom stereocenters. The van der Waals surface area contributed by atoms with Crippen molar-refractivity contribution in [3.05, 3.63) is 164 Å². The number of aromatic nitrogens is 5. The Kier molecular flexibility index (Phi) is 6.39. The van der Waals surface area contributed by atoms with Gasteiger partial charge < -0.3 is 4.42 Å². The van der Waals surface area contributed by atoms with Crippen LogP contribution in [0, 0.1) is 0 Å². The molecule has 0 aliphatic carbocycles. The van der Waals surface area contributed by atoms with Crippen molar-refractivity contribution in [1.82, 2.24) is 24.5 Å². The molecule has 0 amide bonds. The van der Waals surface area contributed by atoms with Gasteiger partial charge in [0.05, 0.1) is 16.6 Å². The summed E-state index contributed by atoms with van der Waals surface area (Å²) in [6, 6.07) is 53.6. The lowest BCUT2D eigenvalue weighted by Crippen LogP contribution is -2.05. The van der Waals surface area contributed by atoms with Gasteiger partial charge in [0.25, 0.3) is 0 Å². The molecule has 0 radical (unpaired) electrons. The lowest BCUT2D eigenvalue weighted by Gasteiger charge is -2.15. The number of benzene rings is 6. The first-order valence-corrected chi connectivity index (χ1v) is 16.6. The van der Waals surface area contributed by atoms with Gasteiger partial charge in [-0.15, -0.1) is 0 Å². The molecular weight excluding hydrogens is 615 g/mol. The summed E-state index contributed by atoms with van der Waals surface area (Å²) in [5, 5.41) is 4.42. The molecule has 0 N–H and O–H groups in total. The molecule has 0 fully saturated rings. The quantitative estimate of drug-likeness (QED) is 0.187. The third-order valence-corrected chi connectivity index (χ3v) is 9.30. The van der Waals surface area contributed by atoms with Gasteiger partial charge in [0.2, 0.25) is 0 Å². The number of para-hydroxylation sites is 2. The highest BCUT2D eigenvalue weighted by molar-refractivity contribution is 6.17. The van der Waals surface area contributed by atoms with Gasteiger partial charge in [0.15, 0.2) is 17.5 Å². The topological polar surface area (TPSA) is 69.6 Å². The number of hydrogen-bond donors (Lipinski definition) is 0. The lowest BCUT2D eigenvalue weighted by molar-refractivity contribution is 0.669. The Morgan fingerprint density at radius 3 is 1.68 bits per heavy atom. The van der Waals surface area contributed by atoms with Crippen molar-refractivity contribution in [3.8, 4) is 51.1 Å². The fourth-order valence-corrected chi connectivity index (χ4v) is 6.93. The largest absolute Gasteiger partial charge is 0.456 e. The van der Waals surface area contributed by atoms with E-state index in [1.54, 1.807) is 0 Å². The van der Waals surface area contributed by atoms with Crippen molar-refractivity contribution in [2.24, 2.45) is 0 Å². The molecule has 4 heterocycles. The van der Waals surface area contributed by atoms with Gasteiger partial charge in [0, 0.05) is 50.5 Å². The Labute approximate surface area is 287 Å². The smallest absolute Gasteiger partial charge is 0.167 e. The van der Waals surface area contributed by atoms with E-state index in [0.717, 1.165) is 77.4 Å². The van der Waals surface area contributed by atoms with Crippen LogP contribution in [0.1, 0.15) is 0 Å². The molecule has 6 heteroatoms. The van der Waals surface area contributed by atoms with Crippen molar-refractivity contribution in [3.63, 3.8) is 0 Å². The monoisotopic (exact) mass is 641 g/mol. The second-order valence-electron chi connectivity index (χ2n) is 12.3. The molecule has 0 aliphatic heterocycles. The zero-order valence-electron chi connectivity index (χ0n) is 26.7. The van der Waals surface area contributed by atoms with Crippen molar-refractivity contribution in [2.45, 2.75) is 0 Å². The van der Waals surface area contributed by atoms with E-state index in [1.165, 1.54) is 0 Å². The first-order valence-electron chi connectivity index (χ1n) is 16.6. The SMILES string of the molecule is c1ccc(-c2cnc(-n3c4ccccc4c4cc5c(cc43)oc3ccccc35)c(-c3nc(-c4ccccc4)nc(-c4ccccc4)n3)c2)cc1. The molecule has 50 heavy (non-hydrogen) atoms. The molecule has 4 aromatic heterocycles. The summed E-state index contributed by atoms with van der Waals surface area (Å²) in [6.07, 6.45) is 1.94. The Hall–Kier alpha value is -6.92. The molecule has 0 unspecified atom stereocenters. The highest BCUT2D eigenvalue weighted by atomic mass is 16.3. The minimum absolute atomic E-state index is 0.536. The van der Waals surface area contributed by atoms with Crippen LogP contribution in [0.15, 0.2) is 168 Å². The van der Waals surface area contributed by atoms with Crippen LogP contribution in [0.4, 0.5) is 0 Å². The van der Waals surface area contributed by atoms with E-state index >= 15 is 0 Å². The van der Waals surface area contributed by atoms with Gasteiger partial charge in [-0.1, -0.05) is 127 Å². The second-order valence-corrected chi connectivity index (χ2v) is 12.3. The molecule has 0 saturated heterocycles. The maximum atomic E-state index is 6.40. The molecule has 0 bridgehead atoms. The number of fused-ring (bicyclic) bond motifs is 6. The van der Waals surface area contributed by atoms with E-state index in [1.807, 2.05) is 97.2 Å². The van der Waals surface area contributed by atoms with Crippen molar-refractivity contribution >= 4 is 43.7 Å². The summed E-state index contributed by atoms with van der Waals surface area (Å²) < 4.78 is 8.62. The summed E-state index contributed by atoms with van der Waals surface area (Å²) in [7, 11) is 0. The van der Waals surface area contributed by atoms with Crippen molar-refractivity contribution in [2.75, 3.05) is 0 Å². The molecule has 10 rings (SSSR count). The maximum absolute atomic E-state index is 6.40. The molecule has 10 aromatic rings. The normalized spacial score (nSPS) is 11.6. The molecule has 0 spiro atoms. The Morgan fingerprint density at radius 1 is 0.400 bits per heavy atom. The standard InChI is InChI=1S/C44H27N5O/c1-4-14-28(15-5-1)31-24-36(43-47-41(29-16-6-2-7-17-29)46-42(48-43)30-18-8-3-9-19-30)44(45-27-31)49-37-22-12-10-20-32(37)34-25-35-33-21-11-13-23-39(33)50-40(35)26-38(34)49/h1-27H. The van der Waals surface area contributed by atoms with Gasteiger partial charge >= 0.3 is 0 Å². The number of rotatable bonds is 5. The van der Waals surface area contributed by atoms with E-state index in [-0.39, 0.29) is 0 Å². The maximum Gasteiger partial charge on any atom is 0.167 e. The summed E-state index contributed by atoms with van der Waals surface area (Å²) >= 11 is 0. The van der Waals surface area contributed by atoms with Gasteiger partial charge in [0.1, 0.15) is 17.0 Å². The molecule has 0 saturated carbocycles. The van der Waals surface area contributed by atoms with E-state index < -0.39 is 0 Å². The number of furan rings is 1. The van der Waals surface area contributed by atoms with E-state index in [4.69, 9.17) is 24.4 Å². The van der Waals surface area contributed by atoms with Crippen LogP contribution >= 0.6 is 0 Å². The predicted molar refractivity (Wildman–Crippen MR) is 201 cm³/mol. The van der Waals surface area contributed by atoms with Crippen LogP contribution in [0.3, 0.4) is 0 Å². The number of hydrogen-bond acceptors (Lipinski definition) is 5. The van der Waals surface area contributed by atoms with E-state index in [0.29, 0.717) is 17.5 Å². The first kappa shape index (κ1) is 28.1. The van der Waals surface area contributed by atoms with Crippen molar-refractivity contribution in [1.29, 1.82) is 0 Å². The number of nitrogens with zero attached hydrogens (tertiary/aromatic N) is 5. The predicted octanol–water partition coefficient (Wildman–Crippen LogP) is 10.9. The van der Waals surface area contributed by atoms with E-state index in [9.17, 15) is 0 Å². The zero-order valence-corrected chi connectivity index (χ0v) is 26.7. The van der Waals surface area contributed by atoms with Crippen molar-refractivity contribution < 1.29 is 4.42 Å². The second kappa shape index (κ2) is 11.4. The third-order valence-electron chi connectivity index (χ3n) is 9.30. The highest BCUT2D eigenvalue weighted by Gasteiger charge is 2.22. The fourth-order valence-electron chi connectivity index (χ4n) is 6.93. The van der Waals surface area contributed by atoms with Crippen LogP contribution < -0.4 is 0 Å². The molecule has 234 valence electrons.